The van der Waals surface area contributed by atoms with Crippen LogP contribution in [0.25, 0.3) is 0 Å². The summed E-state index contributed by atoms with van der Waals surface area (Å²) in [4.78, 5) is 14.0. The summed E-state index contributed by atoms with van der Waals surface area (Å²) in [5, 5.41) is 17.3. The number of likely N-dealkylation sites (N-methyl/N-ethyl adjacent to an activating group) is 1. The molecule has 0 aliphatic carbocycles. The average molecular weight is 220 g/mol. The second kappa shape index (κ2) is 8.46. The largest absolute Gasteiger partial charge is 0.448 e. The molecule has 0 fully saturated rings. The molecule has 2 N–H and O–H groups in total. The van der Waals surface area contributed by atoms with Crippen molar-refractivity contribution < 1.29 is 19.7 Å². The molecule has 0 radical (unpaired) electrons. The number of carbonyl (C=O) groups is 1. The van der Waals surface area contributed by atoms with Crippen molar-refractivity contribution in [2.45, 2.75) is 13.8 Å². The molecule has 0 unspecified atom stereocenters. The van der Waals surface area contributed by atoms with Crippen molar-refractivity contribution in [1.82, 2.24) is 9.80 Å². The van der Waals surface area contributed by atoms with E-state index in [2.05, 4.69) is 4.90 Å². The smallest absolute Gasteiger partial charge is 0.413 e. The first-order chi connectivity index (χ1) is 7.19. The number of aliphatic hydroxyl groups is 2. The first kappa shape index (κ1) is 14.2. The maximum atomic E-state index is 11.1. The Morgan fingerprint density at radius 1 is 1.20 bits per heavy atom. The van der Waals surface area contributed by atoms with Crippen molar-refractivity contribution in [3.8, 4) is 0 Å². The Bertz CT molecular complexity index is 169. The van der Waals surface area contributed by atoms with Gasteiger partial charge in [0.25, 0.3) is 0 Å². The number of hydrogen-bond acceptors (Lipinski definition) is 5. The van der Waals surface area contributed by atoms with Crippen LogP contribution in [-0.2, 0) is 4.74 Å². The van der Waals surface area contributed by atoms with E-state index in [1.54, 1.807) is 0 Å². The SMILES string of the molecule is CCN(CC)CCOC(=O)N(CO)CO. The number of carbonyl (C=O) groups excluding carboxylic acids is 1. The summed E-state index contributed by atoms with van der Waals surface area (Å²) >= 11 is 0. The molecule has 90 valence electrons. The standard InChI is InChI=1S/C9H20N2O4/c1-3-10(4-2)5-6-15-9(14)11(7-12)8-13/h12-13H,3-8H2,1-2H3. The third-order valence-corrected chi connectivity index (χ3v) is 2.13. The van der Waals surface area contributed by atoms with Crippen molar-refractivity contribution in [3.63, 3.8) is 0 Å². The number of ether oxygens (including phenoxy) is 1. The van der Waals surface area contributed by atoms with Crippen LogP contribution in [0.1, 0.15) is 13.8 Å². The molecule has 0 atom stereocenters. The molecule has 0 rings (SSSR count). The molecule has 0 aliphatic rings. The fourth-order valence-corrected chi connectivity index (χ4v) is 1.05. The first-order valence-electron chi connectivity index (χ1n) is 5.05. The van der Waals surface area contributed by atoms with Crippen LogP contribution in [0.5, 0.6) is 0 Å². The van der Waals surface area contributed by atoms with E-state index in [9.17, 15) is 4.79 Å². The summed E-state index contributed by atoms with van der Waals surface area (Å²) < 4.78 is 4.85. The molecule has 15 heavy (non-hydrogen) atoms. The van der Waals surface area contributed by atoms with E-state index in [4.69, 9.17) is 14.9 Å². The molecule has 0 bridgehead atoms. The Balaban J connectivity index is 3.70. The zero-order valence-corrected chi connectivity index (χ0v) is 9.35. The van der Waals surface area contributed by atoms with Gasteiger partial charge < -0.3 is 19.8 Å². The summed E-state index contributed by atoms with van der Waals surface area (Å²) in [6.45, 7) is 5.69. The summed E-state index contributed by atoms with van der Waals surface area (Å²) in [5.74, 6) is 0. The summed E-state index contributed by atoms with van der Waals surface area (Å²) in [6.07, 6.45) is -0.702. The summed E-state index contributed by atoms with van der Waals surface area (Å²) in [6, 6.07) is 0. The predicted molar refractivity (Wildman–Crippen MR) is 55.1 cm³/mol. The molecule has 0 heterocycles. The minimum Gasteiger partial charge on any atom is -0.448 e. The van der Waals surface area contributed by atoms with E-state index in [-0.39, 0.29) is 6.61 Å². The van der Waals surface area contributed by atoms with Gasteiger partial charge >= 0.3 is 6.09 Å². The molecule has 6 heteroatoms. The maximum Gasteiger partial charge on any atom is 0.413 e. The predicted octanol–water partition coefficient (Wildman–Crippen LogP) is -0.334. The van der Waals surface area contributed by atoms with Gasteiger partial charge in [0.2, 0.25) is 0 Å². The maximum absolute atomic E-state index is 11.1. The summed E-state index contributed by atoms with van der Waals surface area (Å²) in [5.41, 5.74) is 0. The van der Waals surface area contributed by atoms with Gasteiger partial charge in [0.05, 0.1) is 0 Å². The number of aliphatic hydroxyl groups excluding tert-OH is 2. The number of nitrogens with zero attached hydrogens (tertiary/aromatic N) is 2. The quantitative estimate of drug-likeness (QED) is 0.575. The van der Waals surface area contributed by atoms with Gasteiger partial charge in [-0.25, -0.2) is 4.79 Å². The van der Waals surface area contributed by atoms with Crippen molar-refractivity contribution in [2.75, 3.05) is 39.7 Å². The number of hydrogen-bond donors (Lipinski definition) is 2. The van der Waals surface area contributed by atoms with E-state index in [0.717, 1.165) is 18.0 Å². The topological polar surface area (TPSA) is 73.2 Å². The zero-order chi connectivity index (χ0) is 11.7. The molecule has 1 amide bonds. The van der Waals surface area contributed by atoms with Crippen molar-refractivity contribution in [1.29, 1.82) is 0 Å². The highest BCUT2D eigenvalue weighted by molar-refractivity contribution is 5.67. The average Bonchev–Trinajstić information content (AvgIpc) is 2.26. The lowest BCUT2D eigenvalue weighted by Gasteiger charge is -2.20. The monoisotopic (exact) mass is 220 g/mol. The van der Waals surface area contributed by atoms with E-state index >= 15 is 0 Å². The minimum atomic E-state index is -0.702. The van der Waals surface area contributed by atoms with E-state index in [1.165, 1.54) is 0 Å². The highest BCUT2D eigenvalue weighted by Crippen LogP contribution is 1.93. The number of rotatable bonds is 7. The van der Waals surface area contributed by atoms with E-state index < -0.39 is 19.6 Å². The lowest BCUT2D eigenvalue weighted by molar-refractivity contribution is 0.0153. The van der Waals surface area contributed by atoms with Crippen molar-refractivity contribution in [3.05, 3.63) is 0 Å². The Hall–Kier alpha value is -0.850. The van der Waals surface area contributed by atoms with Crippen LogP contribution in [0.2, 0.25) is 0 Å². The van der Waals surface area contributed by atoms with Crippen molar-refractivity contribution >= 4 is 6.09 Å². The molecule has 6 nitrogen and oxygen atoms in total. The molecular formula is C9H20N2O4. The Labute approximate surface area is 90.0 Å². The molecule has 0 aromatic heterocycles. The zero-order valence-electron chi connectivity index (χ0n) is 9.35. The van der Waals surface area contributed by atoms with Crippen LogP contribution in [0.15, 0.2) is 0 Å². The molecule has 0 saturated carbocycles. The molecule has 0 aliphatic heterocycles. The fraction of sp³-hybridized carbons (Fsp3) is 0.889. The molecular weight excluding hydrogens is 200 g/mol. The second-order valence-corrected chi connectivity index (χ2v) is 2.96. The van der Waals surface area contributed by atoms with Gasteiger partial charge in [-0.15, -0.1) is 0 Å². The van der Waals surface area contributed by atoms with E-state index in [0.29, 0.717) is 6.54 Å². The van der Waals surface area contributed by atoms with Gasteiger partial charge in [0.1, 0.15) is 20.1 Å². The van der Waals surface area contributed by atoms with Crippen LogP contribution in [0.4, 0.5) is 4.79 Å². The van der Waals surface area contributed by atoms with Crippen LogP contribution in [0.3, 0.4) is 0 Å². The van der Waals surface area contributed by atoms with Gasteiger partial charge in [-0.1, -0.05) is 13.8 Å². The lowest BCUT2D eigenvalue weighted by atomic mass is 10.5. The third kappa shape index (κ3) is 5.56. The van der Waals surface area contributed by atoms with Gasteiger partial charge in [-0.3, -0.25) is 4.90 Å². The van der Waals surface area contributed by atoms with Crippen LogP contribution in [-0.4, -0.2) is 65.8 Å². The van der Waals surface area contributed by atoms with Gasteiger partial charge in [-0.2, -0.15) is 0 Å². The third-order valence-electron chi connectivity index (χ3n) is 2.13. The lowest BCUT2D eigenvalue weighted by Crippen LogP contribution is -2.35. The molecule has 0 aromatic carbocycles. The summed E-state index contributed by atoms with van der Waals surface area (Å²) in [7, 11) is 0. The highest BCUT2D eigenvalue weighted by Gasteiger charge is 2.12. The molecule has 0 aromatic rings. The Kier molecular flexibility index (Phi) is 7.98. The van der Waals surface area contributed by atoms with E-state index in [1.807, 2.05) is 13.8 Å². The van der Waals surface area contributed by atoms with Crippen LogP contribution in [0, 0.1) is 0 Å². The number of amides is 1. The first-order valence-corrected chi connectivity index (χ1v) is 5.05. The highest BCUT2D eigenvalue weighted by atomic mass is 16.6. The van der Waals surface area contributed by atoms with Gasteiger partial charge in [-0.05, 0) is 13.1 Å². The Morgan fingerprint density at radius 3 is 2.13 bits per heavy atom. The van der Waals surface area contributed by atoms with Crippen LogP contribution < -0.4 is 0 Å². The fourth-order valence-electron chi connectivity index (χ4n) is 1.05. The Morgan fingerprint density at radius 2 is 1.73 bits per heavy atom. The van der Waals surface area contributed by atoms with Gasteiger partial charge in [0.15, 0.2) is 0 Å². The van der Waals surface area contributed by atoms with Crippen LogP contribution >= 0.6 is 0 Å². The molecule has 0 saturated heterocycles. The second-order valence-electron chi connectivity index (χ2n) is 2.96. The van der Waals surface area contributed by atoms with Crippen molar-refractivity contribution in [2.24, 2.45) is 0 Å². The minimum absolute atomic E-state index is 0.261. The van der Waals surface area contributed by atoms with Gasteiger partial charge in [0, 0.05) is 6.54 Å². The normalized spacial score (nSPS) is 10.5. The molecule has 0 spiro atoms.